The second kappa shape index (κ2) is 6.33. The SMILES string of the molecule is CCC(C)C(N)C(=O)Nc1ccc(C(=O)O)cc1C. The molecule has 5 nitrogen and oxygen atoms in total. The Labute approximate surface area is 112 Å². The van der Waals surface area contributed by atoms with Crippen LogP contribution in [0.5, 0.6) is 0 Å². The topological polar surface area (TPSA) is 92.4 Å². The van der Waals surface area contributed by atoms with E-state index < -0.39 is 12.0 Å². The second-order valence-electron chi connectivity index (χ2n) is 4.74. The third kappa shape index (κ3) is 3.79. The van der Waals surface area contributed by atoms with Gasteiger partial charge in [-0.2, -0.15) is 0 Å². The highest BCUT2D eigenvalue weighted by Gasteiger charge is 2.20. The summed E-state index contributed by atoms with van der Waals surface area (Å²) in [6.45, 7) is 5.65. The van der Waals surface area contributed by atoms with E-state index in [2.05, 4.69) is 5.32 Å². The number of aromatic carboxylic acids is 1. The van der Waals surface area contributed by atoms with Crippen LogP contribution in [-0.4, -0.2) is 23.0 Å². The van der Waals surface area contributed by atoms with E-state index in [0.29, 0.717) is 11.3 Å². The third-order valence-electron chi connectivity index (χ3n) is 3.29. The minimum absolute atomic E-state index is 0.0959. The van der Waals surface area contributed by atoms with Gasteiger partial charge in [-0.3, -0.25) is 4.79 Å². The van der Waals surface area contributed by atoms with Gasteiger partial charge >= 0.3 is 5.97 Å². The Morgan fingerprint density at radius 3 is 2.53 bits per heavy atom. The van der Waals surface area contributed by atoms with Crippen LogP contribution >= 0.6 is 0 Å². The summed E-state index contributed by atoms with van der Waals surface area (Å²) < 4.78 is 0. The van der Waals surface area contributed by atoms with Crippen molar-refractivity contribution >= 4 is 17.6 Å². The van der Waals surface area contributed by atoms with E-state index in [1.165, 1.54) is 12.1 Å². The number of anilines is 1. The van der Waals surface area contributed by atoms with Crippen LogP contribution in [0.2, 0.25) is 0 Å². The summed E-state index contributed by atoms with van der Waals surface area (Å²) in [6, 6.07) is 4.00. The highest BCUT2D eigenvalue weighted by Crippen LogP contribution is 2.17. The maximum absolute atomic E-state index is 11.9. The monoisotopic (exact) mass is 264 g/mol. The van der Waals surface area contributed by atoms with Crippen LogP contribution in [0.3, 0.4) is 0 Å². The zero-order valence-electron chi connectivity index (χ0n) is 11.4. The first-order chi connectivity index (χ1) is 8.86. The Morgan fingerprint density at radius 2 is 2.05 bits per heavy atom. The molecule has 0 saturated carbocycles. The van der Waals surface area contributed by atoms with Crippen molar-refractivity contribution < 1.29 is 14.7 Å². The number of nitrogens with two attached hydrogens (primary N) is 1. The number of hydrogen-bond acceptors (Lipinski definition) is 3. The van der Waals surface area contributed by atoms with Crippen LogP contribution in [0.1, 0.15) is 36.2 Å². The molecule has 1 aromatic rings. The summed E-state index contributed by atoms with van der Waals surface area (Å²) in [7, 11) is 0. The predicted octanol–water partition coefficient (Wildman–Crippen LogP) is 2.01. The maximum atomic E-state index is 11.9. The van der Waals surface area contributed by atoms with Crippen molar-refractivity contribution in [1.29, 1.82) is 0 Å². The highest BCUT2D eigenvalue weighted by molar-refractivity contribution is 5.96. The highest BCUT2D eigenvalue weighted by atomic mass is 16.4. The molecule has 0 aliphatic heterocycles. The molecule has 0 aromatic heterocycles. The fourth-order valence-electron chi connectivity index (χ4n) is 1.67. The molecule has 5 heteroatoms. The van der Waals surface area contributed by atoms with Crippen LogP contribution in [0.4, 0.5) is 5.69 Å². The largest absolute Gasteiger partial charge is 0.478 e. The number of carboxylic acid groups (broad SMARTS) is 1. The zero-order chi connectivity index (χ0) is 14.6. The van der Waals surface area contributed by atoms with Crippen molar-refractivity contribution in [1.82, 2.24) is 0 Å². The molecule has 19 heavy (non-hydrogen) atoms. The van der Waals surface area contributed by atoms with Crippen LogP contribution in [-0.2, 0) is 4.79 Å². The fraction of sp³-hybridized carbons (Fsp3) is 0.429. The lowest BCUT2D eigenvalue weighted by molar-refractivity contribution is -0.118. The van der Waals surface area contributed by atoms with Gasteiger partial charge in [0, 0.05) is 5.69 Å². The van der Waals surface area contributed by atoms with Crippen molar-refractivity contribution in [3.8, 4) is 0 Å². The molecule has 1 aromatic carbocycles. The third-order valence-corrected chi connectivity index (χ3v) is 3.29. The predicted molar refractivity (Wildman–Crippen MR) is 74.2 cm³/mol. The standard InChI is InChI=1S/C14H20N2O3/c1-4-8(2)12(15)13(17)16-11-6-5-10(14(18)19)7-9(11)3/h5-8,12H,4,15H2,1-3H3,(H,16,17)(H,18,19). The Morgan fingerprint density at radius 1 is 1.42 bits per heavy atom. The van der Waals surface area contributed by atoms with Crippen molar-refractivity contribution in [3.05, 3.63) is 29.3 Å². The lowest BCUT2D eigenvalue weighted by Gasteiger charge is -2.18. The minimum atomic E-state index is -0.989. The minimum Gasteiger partial charge on any atom is -0.478 e. The van der Waals surface area contributed by atoms with Crippen molar-refractivity contribution in [3.63, 3.8) is 0 Å². The number of carbonyl (C=O) groups excluding carboxylic acids is 1. The van der Waals surface area contributed by atoms with Crippen LogP contribution < -0.4 is 11.1 Å². The summed E-state index contributed by atoms with van der Waals surface area (Å²) in [4.78, 5) is 22.7. The molecule has 0 spiro atoms. The van der Waals surface area contributed by atoms with Crippen molar-refractivity contribution in [2.75, 3.05) is 5.32 Å². The number of nitrogens with one attached hydrogen (secondary N) is 1. The maximum Gasteiger partial charge on any atom is 0.335 e. The molecule has 0 aliphatic carbocycles. The van der Waals surface area contributed by atoms with Gasteiger partial charge in [0.05, 0.1) is 11.6 Å². The number of hydrogen-bond donors (Lipinski definition) is 3. The van der Waals surface area contributed by atoms with Gasteiger partial charge in [-0.25, -0.2) is 4.79 Å². The van der Waals surface area contributed by atoms with E-state index in [-0.39, 0.29) is 17.4 Å². The van der Waals surface area contributed by atoms with E-state index >= 15 is 0 Å². The molecular formula is C14H20N2O3. The van der Waals surface area contributed by atoms with E-state index in [1.807, 2.05) is 13.8 Å². The molecule has 0 heterocycles. The number of amides is 1. The zero-order valence-corrected chi connectivity index (χ0v) is 11.4. The van der Waals surface area contributed by atoms with E-state index in [1.54, 1.807) is 13.0 Å². The number of carbonyl (C=O) groups is 2. The van der Waals surface area contributed by atoms with E-state index in [4.69, 9.17) is 10.8 Å². The van der Waals surface area contributed by atoms with Gasteiger partial charge in [-0.15, -0.1) is 0 Å². The summed E-state index contributed by atoms with van der Waals surface area (Å²) >= 11 is 0. The Balaban J connectivity index is 2.83. The van der Waals surface area contributed by atoms with Crippen molar-refractivity contribution in [2.24, 2.45) is 11.7 Å². The van der Waals surface area contributed by atoms with Gasteiger partial charge in [0.2, 0.25) is 5.91 Å². The van der Waals surface area contributed by atoms with Crippen LogP contribution in [0.25, 0.3) is 0 Å². The summed E-state index contributed by atoms with van der Waals surface area (Å²) in [6.07, 6.45) is 0.825. The molecule has 1 rings (SSSR count). The molecule has 2 atom stereocenters. The molecule has 4 N–H and O–H groups in total. The van der Waals surface area contributed by atoms with Crippen LogP contribution in [0.15, 0.2) is 18.2 Å². The van der Waals surface area contributed by atoms with Crippen LogP contribution in [0, 0.1) is 12.8 Å². The normalized spacial score (nSPS) is 13.7. The molecule has 0 aliphatic rings. The van der Waals surface area contributed by atoms with E-state index in [9.17, 15) is 9.59 Å². The second-order valence-corrected chi connectivity index (χ2v) is 4.74. The smallest absolute Gasteiger partial charge is 0.335 e. The van der Waals surface area contributed by atoms with Gasteiger partial charge in [0.25, 0.3) is 0 Å². The molecule has 104 valence electrons. The molecule has 0 fully saturated rings. The molecule has 1 amide bonds. The first-order valence-corrected chi connectivity index (χ1v) is 6.27. The average Bonchev–Trinajstić information content (AvgIpc) is 2.38. The lowest BCUT2D eigenvalue weighted by Crippen LogP contribution is -2.40. The molecular weight excluding hydrogens is 244 g/mol. The quantitative estimate of drug-likeness (QED) is 0.758. The fourth-order valence-corrected chi connectivity index (χ4v) is 1.67. The Bertz CT molecular complexity index is 486. The van der Waals surface area contributed by atoms with Gasteiger partial charge in [-0.1, -0.05) is 20.3 Å². The Hall–Kier alpha value is -1.88. The number of rotatable bonds is 5. The molecule has 2 unspecified atom stereocenters. The molecule has 0 saturated heterocycles. The summed E-state index contributed by atoms with van der Waals surface area (Å²) in [5.41, 5.74) is 7.33. The van der Waals surface area contributed by atoms with Gasteiger partial charge in [0.1, 0.15) is 0 Å². The van der Waals surface area contributed by atoms with Gasteiger partial charge in [0.15, 0.2) is 0 Å². The first kappa shape index (κ1) is 15.2. The Kier molecular flexibility index (Phi) is 5.06. The number of carboxylic acids is 1. The van der Waals surface area contributed by atoms with Gasteiger partial charge < -0.3 is 16.2 Å². The molecule has 0 bridgehead atoms. The first-order valence-electron chi connectivity index (χ1n) is 6.27. The van der Waals surface area contributed by atoms with E-state index in [0.717, 1.165) is 6.42 Å². The summed E-state index contributed by atoms with van der Waals surface area (Å²) in [5, 5.41) is 11.6. The number of benzene rings is 1. The summed E-state index contributed by atoms with van der Waals surface area (Å²) in [5.74, 6) is -1.14. The lowest BCUT2D eigenvalue weighted by atomic mass is 9.99. The molecule has 0 radical (unpaired) electrons. The number of aryl methyl sites for hydroxylation is 1. The van der Waals surface area contributed by atoms with Gasteiger partial charge in [-0.05, 0) is 36.6 Å². The average molecular weight is 264 g/mol. The van der Waals surface area contributed by atoms with Crippen molar-refractivity contribution in [2.45, 2.75) is 33.2 Å².